The fourth-order valence-corrected chi connectivity index (χ4v) is 2.82. The van der Waals surface area contributed by atoms with Gasteiger partial charge in [0.25, 0.3) is 0 Å². The second-order valence-electron chi connectivity index (χ2n) is 4.81. The van der Waals surface area contributed by atoms with E-state index >= 15 is 0 Å². The molecule has 0 unspecified atom stereocenters. The van der Waals surface area contributed by atoms with E-state index in [-0.39, 0.29) is 12.4 Å². The highest BCUT2D eigenvalue weighted by Gasteiger charge is 2.18. The molecule has 0 bridgehead atoms. The molecule has 0 aliphatic heterocycles. The third-order valence-corrected chi connectivity index (χ3v) is 3.91. The van der Waals surface area contributed by atoms with Crippen LogP contribution in [0.5, 0.6) is 0 Å². The highest BCUT2D eigenvalue weighted by atomic mass is 35.5. The van der Waals surface area contributed by atoms with E-state index in [9.17, 15) is 0 Å². The Morgan fingerprint density at radius 2 is 1.85 bits per heavy atom. The third kappa shape index (κ3) is 2.80. The smallest absolute Gasteiger partial charge is 0.161 e. The SMILES string of the molecule is Cl.NCc1nc(-c2ccccc2Cl)nc2c1CCCC2. The van der Waals surface area contributed by atoms with Crippen LogP contribution < -0.4 is 5.73 Å². The Morgan fingerprint density at radius 1 is 1.10 bits per heavy atom. The Morgan fingerprint density at radius 3 is 2.60 bits per heavy atom. The molecule has 0 atom stereocenters. The number of hydrogen-bond acceptors (Lipinski definition) is 3. The average Bonchev–Trinajstić information content (AvgIpc) is 2.46. The summed E-state index contributed by atoms with van der Waals surface area (Å²) in [7, 11) is 0. The van der Waals surface area contributed by atoms with Crippen LogP contribution >= 0.6 is 24.0 Å². The largest absolute Gasteiger partial charge is 0.325 e. The Bertz CT molecular complexity index is 597. The summed E-state index contributed by atoms with van der Waals surface area (Å²) < 4.78 is 0. The van der Waals surface area contributed by atoms with Crippen molar-refractivity contribution in [2.75, 3.05) is 0 Å². The first-order chi connectivity index (χ1) is 9.29. The summed E-state index contributed by atoms with van der Waals surface area (Å²) >= 11 is 6.23. The Kier molecular flexibility index (Phi) is 4.97. The van der Waals surface area contributed by atoms with Gasteiger partial charge in [-0.05, 0) is 43.4 Å². The highest BCUT2D eigenvalue weighted by Crippen LogP contribution is 2.28. The van der Waals surface area contributed by atoms with Crippen LogP contribution in [0, 0.1) is 0 Å². The van der Waals surface area contributed by atoms with Gasteiger partial charge in [0.1, 0.15) is 0 Å². The number of fused-ring (bicyclic) bond motifs is 1. The van der Waals surface area contributed by atoms with E-state index in [2.05, 4.69) is 4.98 Å². The van der Waals surface area contributed by atoms with E-state index in [1.165, 1.54) is 18.4 Å². The molecule has 0 fully saturated rings. The summed E-state index contributed by atoms with van der Waals surface area (Å²) in [6, 6.07) is 7.68. The van der Waals surface area contributed by atoms with Crippen molar-refractivity contribution < 1.29 is 0 Å². The molecule has 20 heavy (non-hydrogen) atoms. The van der Waals surface area contributed by atoms with Crippen molar-refractivity contribution in [3.8, 4) is 11.4 Å². The summed E-state index contributed by atoms with van der Waals surface area (Å²) in [6.07, 6.45) is 4.46. The normalized spacial score (nSPS) is 13.5. The van der Waals surface area contributed by atoms with Gasteiger partial charge in [-0.15, -0.1) is 12.4 Å². The van der Waals surface area contributed by atoms with Crippen molar-refractivity contribution in [2.24, 2.45) is 5.73 Å². The number of nitrogens with zero attached hydrogens (tertiary/aromatic N) is 2. The lowest BCUT2D eigenvalue weighted by atomic mass is 9.94. The zero-order valence-corrected chi connectivity index (χ0v) is 12.7. The molecule has 1 aliphatic carbocycles. The monoisotopic (exact) mass is 309 g/mol. The molecule has 0 spiro atoms. The van der Waals surface area contributed by atoms with Gasteiger partial charge in [0.05, 0.1) is 10.7 Å². The summed E-state index contributed by atoms with van der Waals surface area (Å²) in [5.41, 5.74) is 10.1. The third-order valence-electron chi connectivity index (χ3n) is 3.58. The maximum atomic E-state index is 6.23. The van der Waals surface area contributed by atoms with E-state index in [1.807, 2.05) is 24.3 Å². The van der Waals surface area contributed by atoms with Gasteiger partial charge in [-0.3, -0.25) is 0 Å². The van der Waals surface area contributed by atoms with Gasteiger partial charge >= 0.3 is 0 Å². The molecule has 5 heteroatoms. The lowest BCUT2D eigenvalue weighted by Crippen LogP contribution is -2.14. The lowest BCUT2D eigenvalue weighted by Gasteiger charge is -2.18. The minimum atomic E-state index is 0. The Hall–Kier alpha value is -1.16. The van der Waals surface area contributed by atoms with Crippen molar-refractivity contribution in [3.05, 3.63) is 46.2 Å². The van der Waals surface area contributed by atoms with Crippen molar-refractivity contribution in [1.82, 2.24) is 9.97 Å². The number of aromatic nitrogens is 2. The van der Waals surface area contributed by atoms with Crippen molar-refractivity contribution >= 4 is 24.0 Å². The molecule has 1 aliphatic rings. The second-order valence-corrected chi connectivity index (χ2v) is 5.22. The number of aryl methyl sites for hydroxylation is 1. The summed E-state index contributed by atoms with van der Waals surface area (Å²) in [5, 5.41) is 0.682. The number of rotatable bonds is 2. The van der Waals surface area contributed by atoms with Crippen LogP contribution in [0.25, 0.3) is 11.4 Å². The topological polar surface area (TPSA) is 51.8 Å². The van der Waals surface area contributed by atoms with E-state index in [0.717, 1.165) is 29.8 Å². The molecule has 1 aromatic carbocycles. The fourth-order valence-electron chi connectivity index (χ4n) is 2.60. The molecule has 2 N–H and O–H groups in total. The van der Waals surface area contributed by atoms with Gasteiger partial charge in [-0.25, -0.2) is 9.97 Å². The van der Waals surface area contributed by atoms with Crippen LogP contribution in [0.1, 0.15) is 29.8 Å². The van der Waals surface area contributed by atoms with Gasteiger partial charge in [-0.1, -0.05) is 23.7 Å². The maximum absolute atomic E-state index is 6.23. The summed E-state index contributed by atoms with van der Waals surface area (Å²) in [6.45, 7) is 0.461. The quantitative estimate of drug-likeness (QED) is 0.923. The average molecular weight is 310 g/mol. The van der Waals surface area contributed by atoms with Crippen molar-refractivity contribution in [2.45, 2.75) is 32.2 Å². The fraction of sp³-hybridized carbons (Fsp3) is 0.333. The predicted molar refractivity (Wildman–Crippen MR) is 84.3 cm³/mol. The summed E-state index contributed by atoms with van der Waals surface area (Å²) in [4.78, 5) is 9.32. The Balaban J connectivity index is 0.00000147. The van der Waals surface area contributed by atoms with E-state index in [1.54, 1.807) is 0 Å². The second kappa shape index (κ2) is 6.53. The zero-order valence-electron chi connectivity index (χ0n) is 11.1. The zero-order chi connectivity index (χ0) is 13.2. The number of hydrogen-bond donors (Lipinski definition) is 1. The molecular formula is C15H17Cl2N3. The van der Waals surface area contributed by atoms with Gasteiger partial charge in [-0.2, -0.15) is 0 Å². The van der Waals surface area contributed by atoms with E-state index < -0.39 is 0 Å². The molecule has 1 aromatic heterocycles. The first-order valence-corrected chi connectivity index (χ1v) is 7.01. The predicted octanol–water partition coefficient (Wildman–Crippen LogP) is 3.56. The molecule has 0 radical (unpaired) electrons. The van der Waals surface area contributed by atoms with Crippen LogP contribution in [-0.2, 0) is 19.4 Å². The van der Waals surface area contributed by atoms with E-state index in [4.69, 9.17) is 22.3 Å². The molecule has 106 valence electrons. The Labute approximate surface area is 130 Å². The van der Waals surface area contributed by atoms with Crippen LogP contribution in [0.4, 0.5) is 0 Å². The van der Waals surface area contributed by atoms with Gasteiger partial charge in [0.2, 0.25) is 0 Å². The maximum Gasteiger partial charge on any atom is 0.161 e. The standard InChI is InChI=1S/C15H16ClN3.ClH/c16-12-7-3-1-5-10(12)15-18-13-8-4-2-6-11(13)14(9-17)19-15;/h1,3,5,7H,2,4,6,8-9,17H2;1H. The first kappa shape index (κ1) is 15.2. The molecule has 3 nitrogen and oxygen atoms in total. The van der Waals surface area contributed by atoms with Crippen LogP contribution in [-0.4, -0.2) is 9.97 Å². The van der Waals surface area contributed by atoms with Crippen LogP contribution in [0.2, 0.25) is 5.02 Å². The minimum absolute atomic E-state index is 0. The molecule has 0 saturated carbocycles. The molecular weight excluding hydrogens is 293 g/mol. The van der Waals surface area contributed by atoms with Gasteiger partial charge in [0, 0.05) is 17.8 Å². The molecule has 0 saturated heterocycles. The molecule has 1 heterocycles. The van der Waals surface area contributed by atoms with Gasteiger partial charge < -0.3 is 5.73 Å². The number of nitrogens with two attached hydrogens (primary N) is 1. The highest BCUT2D eigenvalue weighted by molar-refractivity contribution is 6.33. The molecule has 3 rings (SSSR count). The van der Waals surface area contributed by atoms with Crippen molar-refractivity contribution in [1.29, 1.82) is 0 Å². The molecule has 2 aromatic rings. The van der Waals surface area contributed by atoms with Crippen LogP contribution in [0.3, 0.4) is 0 Å². The number of halogens is 2. The van der Waals surface area contributed by atoms with Crippen molar-refractivity contribution in [3.63, 3.8) is 0 Å². The summed E-state index contributed by atoms with van der Waals surface area (Å²) in [5.74, 6) is 0.701. The number of benzene rings is 1. The minimum Gasteiger partial charge on any atom is -0.325 e. The first-order valence-electron chi connectivity index (χ1n) is 6.63. The molecule has 0 amide bonds. The van der Waals surface area contributed by atoms with Gasteiger partial charge in [0.15, 0.2) is 5.82 Å². The lowest BCUT2D eigenvalue weighted by molar-refractivity contribution is 0.652. The van der Waals surface area contributed by atoms with Crippen LogP contribution in [0.15, 0.2) is 24.3 Å². The van der Waals surface area contributed by atoms with E-state index in [0.29, 0.717) is 17.4 Å².